The molecule has 1 amide bonds. The summed E-state index contributed by atoms with van der Waals surface area (Å²) in [6.07, 6.45) is 0. The highest BCUT2D eigenvalue weighted by molar-refractivity contribution is 9.10. The molecule has 0 aliphatic carbocycles. The van der Waals surface area contributed by atoms with Crippen LogP contribution in [0.2, 0.25) is 0 Å². The maximum Gasteiger partial charge on any atom is 0.252 e. The van der Waals surface area contributed by atoms with Crippen molar-refractivity contribution in [3.63, 3.8) is 0 Å². The topological polar surface area (TPSA) is 49.3 Å². The molecule has 0 aliphatic rings. The first-order valence-corrected chi connectivity index (χ1v) is 7.13. The van der Waals surface area contributed by atoms with Gasteiger partial charge < -0.3 is 10.4 Å². The molecule has 4 heteroatoms. The van der Waals surface area contributed by atoms with Gasteiger partial charge in [0.05, 0.1) is 6.04 Å². The van der Waals surface area contributed by atoms with E-state index < -0.39 is 0 Å². The number of rotatable bonds is 3. The number of benzene rings is 2. The molecular weight excluding hydrogens is 318 g/mol. The van der Waals surface area contributed by atoms with Gasteiger partial charge in [0.25, 0.3) is 5.91 Å². The van der Waals surface area contributed by atoms with E-state index in [1.54, 1.807) is 25.1 Å². The first kappa shape index (κ1) is 14.6. The van der Waals surface area contributed by atoms with Crippen LogP contribution in [0.15, 0.2) is 46.9 Å². The van der Waals surface area contributed by atoms with Crippen LogP contribution >= 0.6 is 15.9 Å². The van der Waals surface area contributed by atoms with Gasteiger partial charge in [-0.2, -0.15) is 0 Å². The van der Waals surface area contributed by atoms with Gasteiger partial charge in [-0.3, -0.25) is 4.79 Å². The van der Waals surface area contributed by atoms with Crippen LogP contribution in [-0.4, -0.2) is 11.0 Å². The molecule has 0 heterocycles. The van der Waals surface area contributed by atoms with Crippen molar-refractivity contribution in [1.82, 2.24) is 5.32 Å². The summed E-state index contributed by atoms with van der Waals surface area (Å²) >= 11 is 3.42. The van der Waals surface area contributed by atoms with Crippen LogP contribution in [0.1, 0.15) is 34.5 Å². The normalized spacial score (nSPS) is 11.9. The highest BCUT2D eigenvalue weighted by atomic mass is 79.9. The maximum atomic E-state index is 12.3. The molecule has 2 aromatic rings. The Labute approximate surface area is 126 Å². The van der Waals surface area contributed by atoms with Gasteiger partial charge in [0, 0.05) is 15.6 Å². The number of aromatic hydroxyl groups is 1. The van der Waals surface area contributed by atoms with Crippen molar-refractivity contribution in [2.75, 3.05) is 0 Å². The zero-order valence-electron chi connectivity index (χ0n) is 11.4. The number of amides is 1. The molecule has 0 fully saturated rings. The lowest BCUT2D eigenvalue weighted by Gasteiger charge is -2.16. The third kappa shape index (κ3) is 3.20. The first-order chi connectivity index (χ1) is 9.49. The summed E-state index contributed by atoms with van der Waals surface area (Å²) in [6, 6.07) is 12.6. The molecule has 1 atom stereocenters. The predicted octanol–water partition coefficient (Wildman–Crippen LogP) is 3.95. The van der Waals surface area contributed by atoms with Crippen molar-refractivity contribution < 1.29 is 9.90 Å². The molecule has 0 bridgehead atoms. The number of hydrogen-bond acceptors (Lipinski definition) is 2. The molecule has 0 aromatic heterocycles. The number of halogens is 1. The molecule has 20 heavy (non-hydrogen) atoms. The molecule has 2 rings (SSSR count). The summed E-state index contributed by atoms with van der Waals surface area (Å²) in [4.78, 5) is 12.3. The number of carbonyl (C=O) groups excluding carboxylic acids is 1. The second-order valence-corrected chi connectivity index (χ2v) is 5.62. The van der Waals surface area contributed by atoms with Crippen molar-refractivity contribution >= 4 is 21.8 Å². The summed E-state index contributed by atoms with van der Waals surface area (Å²) in [5, 5.41) is 12.6. The van der Waals surface area contributed by atoms with Crippen molar-refractivity contribution in [2.24, 2.45) is 0 Å². The SMILES string of the molecule is Cc1c(O)cccc1C(=O)NC(C)c1cccc(Br)c1. The van der Waals surface area contributed by atoms with Crippen LogP contribution in [0.4, 0.5) is 0 Å². The van der Waals surface area contributed by atoms with E-state index in [-0.39, 0.29) is 17.7 Å². The van der Waals surface area contributed by atoms with Gasteiger partial charge in [0.15, 0.2) is 0 Å². The third-order valence-corrected chi connectivity index (χ3v) is 3.74. The van der Waals surface area contributed by atoms with E-state index in [4.69, 9.17) is 0 Å². The number of carbonyl (C=O) groups is 1. The Hall–Kier alpha value is -1.81. The molecule has 0 spiro atoms. The molecule has 2 aromatic carbocycles. The van der Waals surface area contributed by atoms with Crippen LogP contribution in [0.3, 0.4) is 0 Å². The maximum absolute atomic E-state index is 12.3. The highest BCUT2D eigenvalue weighted by Gasteiger charge is 2.14. The minimum Gasteiger partial charge on any atom is -0.508 e. The Kier molecular flexibility index (Phi) is 4.45. The summed E-state index contributed by atoms with van der Waals surface area (Å²) in [5.41, 5.74) is 2.10. The quantitative estimate of drug-likeness (QED) is 0.893. The molecule has 104 valence electrons. The van der Waals surface area contributed by atoms with Crippen LogP contribution in [0, 0.1) is 6.92 Å². The standard InChI is InChI=1S/C16H16BrNO2/c1-10-14(7-4-8-15(10)19)16(20)18-11(2)12-5-3-6-13(17)9-12/h3-9,11,19H,1-2H3,(H,18,20). The van der Waals surface area contributed by atoms with Gasteiger partial charge in [0.2, 0.25) is 0 Å². The van der Waals surface area contributed by atoms with Crippen molar-refractivity contribution in [3.8, 4) is 5.75 Å². The van der Waals surface area contributed by atoms with E-state index in [2.05, 4.69) is 21.2 Å². The first-order valence-electron chi connectivity index (χ1n) is 6.34. The molecule has 0 radical (unpaired) electrons. The average Bonchev–Trinajstić information content (AvgIpc) is 2.41. The van der Waals surface area contributed by atoms with Crippen LogP contribution < -0.4 is 5.32 Å². The Morgan fingerprint density at radius 1 is 1.25 bits per heavy atom. The number of hydrogen-bond donors (Lipinski definition) is 2. The Morgan fingerprint density at radius 3 is 2.65 bits per heavy atom. The van der Waals surface area contributed by atoms with Gasteiger partial charge in [-0.05, 0) is 43.7 Å². The van der Waals surface area contributed by atoms with E-state index in [0.29, 0.717) is 11.1 Å². The molecule has 0 saturated carbocycles. The predicted molar refractivity (Wildman–Crippen MR) is 82.9 cm³/mol. The summed E-state index contributed by atoms with van der Waals surface area (Å²) in [5.74, 6) is -0.0568. The largest absolute Gasteiger partial charge is 0.508 e. The summed E-state index contributed by atoms with van der Waals surface area (Å²) in [6.45, 7) is 3.66. The van der Waals surface area contributed by atoms with Crippen molar-refractivity contribution in [1.29, 1.82) is 0 Å². The Bertz CT molecular complexity index is 640. The van der Waals surface area contributed by atoms with Crippen molar-refractivity contribution in [2.45, 2.75) is 19.9 Å². The lowest BCUT2D eigenvalue weighted by Crippen LogP contribution is -2.27. The minimum atomic E-state index is -0.189. The van der Waals surface area contributed by atoms with Gasteiger partial charge in [-0.1, -0.05) is 34.1 Å². The van der Waals surface area contributed by atoms with Crippen molar-refractivity contribution in [3.05, 3.63) is 63.6 Å². The van der Waals surface area contributed by atoms with Crippen LogP contribution in [0.25, 0.3) is 0 Å². The average molecular weight is 334 g/mol. The Balaban J connectivity index is 2.17. The zero-order chi connectivity index (χ0) is 14.7. The van der Waals surface area contributed by atoms with Gasteiger partial charge in [0.1, 0.15) is 5.75 Å². The van der Waals surface area contributed by atoms with E-state index >= 15 is 0 Å². The van der Waals surface area contributed by atoms with Gasteiger partial charge in [-0.25, -0.2) is 0 Å². The lowest BCUT2D eigenvalue weighted by atomic mass is 10.1. The van der Waals surface area contributed by atoms with E-state index in [1.165, 1.54) is 0 Å². The highest BCUT2D eigenvalue weighted by Crippen LogP contribution is 2.21. The smallest absolute Gasteiger partial charge is 0.252 e. The van der Waals surface area contributed by atoms with Gasteiger partial charge in [-0.15, -0.1) is 0 Å². The number of phenolic OH excluding ortho intramolecular Hbond substituents is 1. The summed E-state index contributed by atoms with van der Waals surface area (Å²) < 4.78 is 0.977. The Morgan fingerprint density at radius 2 is 1.95 bits per heavy atom. The minimum absolute atomic E-state index is 0.109. The van der Waals surface area contributed by atoms with Crippen LogP contribution in [-0.2, 0) is 0 Å². The van der Waals surface area contributed by atoms with E-state index in [1.807, 2.05) is 31.2 Å². The fraction of sp³-hybridized carbons (Fsp3) is 0.188. The van der Waals surface area contributed by atoms with E-state index in [9.17, 15) is 9.90 Å². The lowest BCUT2D eigenvalue weighted by molar-refractivity contribution is 0.0939. The molecule has 1 unspecified atom stereocenters. The molecular formula is C16H16BrNO2. The molecule has 0 saturated heterocycles. The van der Waals surface area contributed by atoms with Gasteiger partial charge >= 0.3 is 0 Å². The fourth-order valence-corrected chi connectivity index (χ4v) is 2.42. The molecule has 3 nitrogen and oxygen atoms in total. The fourth-order valence-electron chi connectivity index (χ4n) is 2.00. The third-order valence-electron chi connectivity index (χ3n) is 3.25. The molecule has 2 N–H and O–H groups in total. The number of phenols is 1. The zero-order valence-corrected chi connectivity index (χ0v) is 12.9. The van der Waals surface area contributed by atoms with E-state index in [0.717, 1.165) is 10.0 Å². The molecule has 0 aliphatic heterocycles. The second kappa shape index (κ2) is 6.09. The van der Waals surface area contributed by atoms with Crippen LogP contribution in [0.5, 0.6) is 5.75 Å². The summed E-state index contributed by atoms with van der Waals surface area (Å²) in [7, 11) is 0. The number of nitrogens with one attached hydrogen (secondary N) is 1. The second-order valence-electron chi connectivity index (χ2n) is 4.70. The monoisotopic (exact) mass is 333 g/mol.